The molecule has 0 spiro atoms. The van der Waals surface area contributed by atoms with Crippen LogP contribution in [0.3, 0.4) is 0 Å². The predicted molar refractivity (Wildman–Crippen MR) is 141 cm³/mol. The molecule has 0 radical (unpaired) electrons. The van der Waals surface area contributed by atoms with Crippen molar-refractivity contribution in [2.45, 2.75) is 88.5 Å². The summed E-state index contributed by atoms with van der Waals surface area (Å²) in [5.41, 5.74) is 1.91. The highest BCUT2D eigenvalue weighted by Crippen LogP contribution is 2.44. The average molecular weight is 492 g/mol. The van der Waals surface area contributed by atoms with E-state index in [1.807, 2.05) is 36.4 Å². The monoisotopic (exact) mass is 491 g/mol. The number of nitrogens with one attached hydrogen (secondary N) is 3. The van der Waals surface area contributed by atoms with E-state index in [1.54, 1.807) is 6.26 Å². The summed E-state index contributed by atoms with van der Waals surface area (Å²) in [5, 5.41) is 10.5. The zero-order valence-corrected chi connectivity index (χ0v) is 21.3. The Hall–Kier alpha value is -2.15. The van der Waals surface area contributed by atoms with Crippen LogP contribution in [0.2, 0.25) is 0 Å². The zero-order chi connectivity index (χ0) is 24.3. The van der Waals surface area contributed by atoms with Gasteiger partial charge in [0.15, 0.2) is 5.76 Å². The van der Waals surface area contributed by atoms with Crippen molar-refractivity contribution in [1.29, 1.82) is 0 Å². The molecule has 36 heavy (non-hydrogen) atoms. The fourth-order valence-corrected chi connectivity index (χ4v) is 7.38. The molecule has 2 saturated heterocycles. The van der Waals surface area contributed by atoms with E-state index >= 15 is 0 Å². The van der Waals surface area contributed by atoms with E-state index in [4.69, 9.17) is 9.15 Å². The minimum absolute atomic E-state index is 0.195. The molecular formula is C30H41N3O3. The number of carbonyl (C=O) groups excluding carboxylic acids is 1. The number of fused-ring (bicyclic) bond motifs is 1. The minimum atomic E-state index is -0.195. The van der Waals surface area contributed by atoms with Crippen molar-refractivity contribution in [2.24, 2.45) is 17.8 Å². The van der Waals surface area contributed by atoms with Gasteiger partial charge in [-0.1, -0.05) is 50.3 Å². The molecule has 2 aliphatic heterocycles. The first kappa shape index (κ1) is 24.2. The van der Waals surface area contributed by atoms with Crippen LogP contribution in [-0.2, 0) is 4.74 Å². The van der Waals surface area contributed by atoms with E-state index in [2.05, 4.69) is 16.0 Å². The SMILES string of the molecule is O=C(Nc1ccccc1)c1cc(C2CNC3NCC(C4CCCCC4OC4CCCCC4)CC32)co1. The summed E-state index contributed by atoms with van der Waals surface area (Å²) in [6, 6.07) is 11.5. The molecule has 1 aromatic heterocycles. The molecule has 3 heterocycles. The number of hydrogen-bond acceptors (Lipinski definition) is 5. The summed E-state index contributed by atoms with van der Waals surface area (Å²) in [6.07, 6.45) is 16.0. The Bertz CT molecular complexity index is 1000. The number of amides is 1. The lowest BCUT2D eigenvalue weighted by atomic mass is 9.70. The second-order valence-electron chi connectivity index (χ2n) is 11.5. The van der Waals surface area contributed by atoms with Gasteiger partial charge in [-0.2, -0.15) is 0 Å². The van der Waals surface area contributed by atoms with Crippen LogP contribution >= 0.6 is 0 Å². The van der Waals surface area contributed by atoms with Crippen molar-refractivity contribution in [2.75, 3.05) is 18.4 Å². The summed E-state index contributed by atoms with van der Waals surface area (Å²) >= 11 is 0. The molecule has 2 saturated carbocycles. The van der Waals surface area contributed by atoms with Gasteiger partial charge in [-0.3, -0.25) is 4.79 Å². The standard InChI is InChI=1S/C30H41N3O3/c34-30(33-22-9-3-1-4-10-22)28-16-21(19-35-28)26-18-32-29-25(26)15-20(17-31-29)24-13-7-8-14-27(24)36-23-11-5-2-6-12-23/h1,3-4,9-10,16,19-20,23-27,29,31-32H,2,5-8,11-15,17-18H2,(H,33,34). The van der Waals surface area contributed by atoms with Gasteiger partial charge in [0, 0.05) is 18.2 Å². The summed E-state index contributed by atoms with van der Waals surface area (Å²) in [5.74, 6) is 2.35. The molecule has 1 aromatic carbocycles. The van der Waals surface area contributed by atoms with E-state index < -0.39 is 0 Å². The van der Waals surface area contributed by atoms with E-state index in [9.17, 15) is 4.79 Å². The van der Waals surface area contributed by atoms with Gasteiger partial charge in [0.05, 0.1) is 24.6 Å². The normalized spacial score (nSPS) is 33.2. The molecule has 4 aliphatic rings. The molecule has 2 aromatic rings. The molecule has 4 fully saturated rings. The average Bonchev–Trinajstić information content (AvgIpc) is 3.57. The van der Waals surface area contributed by atoms with Gasteiger partial charge in [-0.25, -0.2) is 0 Å². The smallest absolute Gasteiger partial charge is 0.291 e. The Morgan fingerprint density at radius 1 is 0.917 bits per heavy atom. The maximum atomic E-state index is 12.7. The van der Waals surface area contributed by atoms with Crippen LogP contribution in [0.4, 0.5) is 5.69 Å². The number of anilines is 1. The highest BCUT2D eigenvalue weighted by molar-refractivity contribution is 6.02. The van der Waals surface area contributed by atoms with E-state index in [1.165, 1.54) is 64.2 Å². The molecule has 6 rings (SSSR count). The number of carbonyl (C=O) groups is 1. The zero-order valence-electron chi connectivity index (χ0n) is 21.3. The quantitative estimate of drug-likeness (QED) is 0.485. The lowest BCUT2D eigenvalue weighted by molar-refractivity contribution is -0.0901. The van der Waals surface area contributed by atoms with Gasteiger partial charge in [0.2, 0.25) is 0 Å². The van der Waals surface area contributed by atoms with Crippen molar-refractivity contribution in [1.82, 2.24) is 10.6 Å². The maximum Gasteiger partial charge on any atom is 0.291 e. The molecule has 194 valence electrons. The summed E-state index contributed by atoms with van der Waals surface area (Å²) in [6.45, 7) is 1.99. The largest absolute Gasteiger partial charge is 0.459 e. The Morgan fingerprint density at radius 2 is 1.69 bits per heavy atom. The van der Waals surface area contributed by atoms with Crippen LogP contribution in [0, 0.1) is 17.8 Å². The lowest BCUT2D eigenvalue weighted by Crippen LogP contribution is -2.52. The van der Waals surface area contributed by atoms with E-state index in [0.717, 1.165) is 24.3 Å². The summed E-state index contributed by atoms with van der Waals surface area (Å²) in [4.78, 5) is 12.7. The number of hydrogen-bond donors (Lipinski definition) is 3. The highest BCUT2D eigenvalue weighted by Gasteiger charge is 2.45. The number of benzene rings is 1. The molecule has 6 unspecified atom stereocenters. The third kappa shape index (κ3) is 5.27. The highest BCUT2D eigenvalue weighted by atomic mass is 16.5. The Morgan fingerprint density at radius 3 is 2.56 bits per heavy atom. The topological polar surface area (TPSA) is 75.5 Å². The molecule has 1 amide bonds. The third-order valence-corrected chi connectivity index (χ3v) is 9.26. The van der Waals surface area contributed by atoms with Gasteiger partial charge in [-0.15, -0.1) is 0 Å². The first-order chi connectivity index (χ1) is 17.7. The van der Waals surface area contributed by atoms with Gasteiger partial charge in [0.25, 0.3) is 5.91 Å². The first-order valence-electron chi connectivity index (χ1n) is 14.3. The molecule has 6 nitrogen and oxygen atoms in total. The van der Waals surface area contributed by atoms with Gasteiger partial charge < -0.3 is 25.1 Å². The fraction of sp³-hybridized carbons (Fsp3) is 0.633. The number of rotatable bonds is 6. The van der Waals surface area contributed by atoms with Crippen LogP contribution in [-0.4, -0.2) is 37.4 Å². The van der Waals surface area contributed by atoms with Crippen LogP contribution in [0.5, 0.6) is 0 Å². The van der Waals surface area contributed by atoms with Gasteiger partial charge in [0.1, 0.15) is 0 Å². The minimum Gasteiger partial charge on any atom is -0.459 e. The van der Waals surface area contributed by atoms with E-state index in [-0.39, 0.29) is 5.91 Å². The Labute approximate surface area is 214 Å². The first-order valence-corrected chi connectivity index (χ1v) is 14.3. The van der Waals surface area contributed by atoms with Crippen molar-refractivity contribution in [3.05, 3.63) is 54.0 Å². The molecule has 0 bridgehead atoms. The molecule has 3 N–H and O–H groups in total. The molecule has 6 atom stereocenters. The number of para-hydroxylation sites is 1. The van der Waals surface area contributed by atoms with Gasteiger partial charge in [-0.05, 0) is 80.2 Å². The Kier molecular flexibility index (Phi) is 7.45. The number of furan rings is 1. The van der Waals surface area contributed by atoms with Crippen LogP contribution in [0.1, 0.15) is 86.2 Å². The predicted octanol–water partition coefficient (Wildman–Crippen LogP) is 5.68. The summed E-state index contributed by atoms with van der Waals surface area (Å²) < 4.78 is 12.6. The van der Waals surface area contributed by atoms with Crippen molar-refractivity contribution in [3.63, 3.8) is 0 Å². The van der Waals surface area contributed by atoms with Crippen LogP contribution < -0.4 is 16.0 Å². The van der Waals surface area contributed by atoms with Crippen molar-refractivity contribution < 1.29 is 13.9 Å². The molecular weight excluding hydrogens is 450 g/mol. The van der Waals surface area contributed by atoms with Gasteiger partial charge >= 0.3 is 0 Å². The van der Waals surface area contributed by atoms with Crippen LogP contribution in [0.25, 0.3) is 0 Å². The maximum absolute atomic E-state index is 12.7. The molecule has 2 aliphatic carbocycles. The fourth-order valence-electron chi connectivity index (χ4n) is 7.38. The lowest BCUT2D eigenvalue weighted by Gasteiger charge is -2.44. The Balaban J connectivity index is 1.11. The van der Waals surface area contributed by atoms with Crippen molar-refractivity contribution >= 4 is 11.6 Å². The molecule has 6 heteroatoms. The van der Waals surface area contributed by atoms with E-state index in [0.29, 0.717) is 47.8 Å². The van der Waals surface area contributed by atoms with Crippen LogP contribution in [0.15, 0.2) is 47.1 Å². The summed E-state index contributed by atoms with van der Waals surface area (Å²) in [7, 11) is 0. The number of piperidine rings is 1. The second kappa shape index (κ2) is 11.1. The second-order valence-corrected chi connectivity index (χ2v) is 11.5. The third-order valence-electron chi connectivity index (χ3n) is 9.26. The van der Waals surface area contributed by atoms with Crippen molar-refractivity contribution in [3.8, 4) is 0 Å². The number of ether oxygens (including phenoxy) is 1.